The van der Waals surface area contributed by atoms with Crippen molar-refractivity contribution in [1.29, 1.82) is 5.26 Å². The first-order valence-electron chi connectivity index (χ1n) is 7.61. The summed E-state index contributed by atoms with van der Waals surface area (Å²) in [5.74, 6) is -0.116. The van der Waals surface area contributed by atoms with Crippen LogP contribution in [0.25, 0.3) is 22.4 Å². The maximum Gasteiger partial charge on any atom is 0.278 e. The number of nitro benzene ring substituents is 2. The van der Waals surface area contributed by atoms with E-state index in [4.69, 9.17) is 5.73 Å². The molecule has 0 saturated carbocycles. The molecule has 0 fully saturated rings. The van der Waals surface area contributed by atoms with Crippen molar-refractivity contribution in [2.24, 2.45) is 0 Å². The highest BCUT2D eigenvalue weighted by atomic mass is 16.6. The van der Waals surface area contributed by atoms with Gasteiger partial charge in [-0.2, -0.15) is 5.26 Å². The third-order valence-corrected chi connectivity index (χ3v) is 3.90. The Balaban J connectivity index is 2.28. The Morgan fingerprint density at radius 3 is 2.37 bits per heavy atom. The fourth-order valence-corrected chi connectivity index (χ4v) is 2.68. The Hall–Kier alpha value is -4.32. The van der Waals surface area contributed by atoms with E-state index in [2.05, 4.69) is 4.98 Å². The van der Waals surface area contributed by atoms with Gasteiger partial charge in [0.1, 0.15) is 17.5 Å². The van der Waals surface area contributed by atoms with Crippen LogP contribution in [0, 0.1) is 31.6 Å². The molecule has 9 nitrogen and oxygen atoms in total. The summed E-state index contributed by atoms with van der Waals surface area (Å²) in [6.07, 6.45) is 0. The summed E-state index contributed by atoms with van der Waals surface area (Å²) < 4.78 is 0. The lowest BCUT2D eigenvalue weighted by molar-refractivity contribution is -0.384. The number of non-ortho nitro benzene ring substituents is 1. The second-order valence-electron chi connectivity index (χ2n) is 5.51. The lowest BCUT2D eigenvalue weighted by Crippen LogP contribution is -2.01. The highest BCUT2D eigenvalue weighted by Gasteiger charge is 2.20. The molecule has 0 atom stereocenters. The molecule has 0 aliphatic heterocycles. The zero-order chi connectivity index (χ0) is 19.6. The first-order valence-corrected chi connectivity index (χ1v) is 7.61. The monoisotopic (exact) mass is 361 g/mol. The van der Waals surface area contributed by atoms with Crippen LogP contribution < -0.4 is 5.73 Å². The van der Waals surface area contributed by atoms with E-state index in [0.717, 1.165) is 0 Å². The van der Waals surface area contributed by atoms with E-state index < -0.39 is 9.85 Å². The van der Waals surface area contributed by atoms with Gasteiger partial charge in [0.15, 0.2) is 0 Å². The molecule has 0 spiro atoms. The summed E-state index contributed by atoms with van der Waals surface area (Å²) in [4.78, 5) is 25.4. The molecule has 132 valence electrons. The van der Waals surface area contributed by atoms with Crippen LogP contribution in [0.5, 0.6) is 0 Å². The summed E-state index contributed by atoms with van der Waals surface area (Å²) in [7, 11) is 0. The van der Waals surface area contributed by atoms with E-state index in [1.807, 2.05) is 6.07 Å². The second-order valence-corrected chi connectivity index (χ2v) is 5.51. The number of hydrogen-bond donors (Lipinski definition) is 1. The van der Waals surface area contributed by atoms with Crippen LogP contribution in [0.15, 0.2) is 54.6 Å². The van der Waals surface area contributed by atoms with Crippen molar-refractivity contribution in [3.05, 3.63) is 80.4 Å². The Morgan fingerprint density at radius 2 is 1.70 bits per heavy atom. The predicted molar refractivity (Wildman–Crippen MR) is 97.5 cm³/mol. The number of pyridine rings is 1. The molecule has 0 aliphatic rings. The summed E-state index contributed by atoms with van der Waals surface area (Å²) in [6, 6.07) is 15.1. The van der Waals surface area contributed by atoms with E-state index in [1.165, 1.54) is 42.5 Å². The molecule has 1 aromatic heterocycles. The summed E-state index contributed by atoms with van der Waals surface area (Å²) in [5.41, 5.74) is 6.73. The largest absolute Gasteiger partial charge is 0.383 e. The first kappa shape index (κ1) is 17.5. The number of aromatic nitrogens is 1. The minimum Gasteiger partial charge on any atom is -0.383 e. The topological polar surface area (TPSA) is 149 Å². The summed E-state index contributed by atoms with van der Waals surface area (Å²) in [6.45, 7) is 0. The minimum absolute atomic E-state index is 0.0397. The van der Waals surface area contributed by atoms with Gasteiger partial charge in [-0.25, -0.2) is 4.98 Å². The number of nitriles is 1. The van der Waals surface area contributed by atoms with E-state index >= 15 is 0 Å². The Labute approximate surface area is 152 Å². The lowest BCUT2D eigenvalue weighted by atomic mass is 9.97. The summed E-state index contributed by atoms with van der Waals surface area (Å²) in [5, 5.41) is 31.8. The van der Waals surface area contributed by atoms with Crippen LogP contribution >= 0.6 is 0 Å². The van der Waals surface area contributed by atoms with Crippen molar-refractivity contribution in [3.8, 4) is 28.5 Å². The summed E-state index contributed by atoms with van der Waals surface area (Å²) >= 11 is 0. The highest BCUT2D eigenvalue weighted by Crippen LogP contribution is 2.35. The van der Waals surface area contributed by atoms with Gasteiger partial charge in [0.05, 0.1) is 21.1 Å². The van der Waals surface area contributed by atoms with Crippen LogP contribution in [-0.4, -0.2) is 14.8 Å². The number of nitro groups is 2. The number of benzene rings is 2. The predicted octanol–water partition coefficient (Wildman–Crippen LogP) is 3.69. The molecule has 9 heteroatoms. The highest BCUT2D eigenvalue weighted by molar-refractivity contribution is 5.82. The lowest BCUT2D eigenvalue weighted by Gasteiger charge is -2.10. The van der Waals surface area contributed by atoms with Crippen molar-refractivity contribution >= 4 is 17.2 Å². The molecule has 3 rings (SSSR count). The van der Waals surface area contributed by atoms with Crippen molar-refractivity contribution in [2.75, 3.05) is 5.73 Å². The van der Waals surface area contributed by atoms with Crippen molar-refractivity contribution < 1.29 is 9.85 Å². The molecule has 0 bridgehead atoms. The van der Waals surface area contributed by atoms with Gasteiger partial charge < -0.3 is 5.73 Å². The van der Waals surface area contributed by atoms with Crippen LogP contribution in [0.2, 0.25) is 0 Å². The Morgan fingerprint density at radius 1 is 0.963 bits per heavy atom. The van der Waals surface area contributed by atoms with Crippen LogP contribution in [0.1, 0.15) is 5.56 Å². The van der Waals surface area contributed by atoms with Gasteiger partial charge >= 0.3 is 0 Å². The molecule has 3 aromatic rings. The fourth-order valence-electron chi connectivity index (χ4n) is 2.68. The van der Waals surface area contributed by atoms with E-state index in [1.54, 1.807) is 12.1 Å². The minimum atomic E-state index is -0.553. The van der Waals surface area contributed by atoms with E-state index in [0.29, 0.717) is 11.1 Å². The molecule has 2 N–H and O–H groups in total. The molecule has 0 saturated heterocycles. The van der Waals surface area contributed by atoms with Crippen LogP contribution in [0.3, 0.4) is 0 Å². The maximum absolute atomic E-state index is 11.3. The molecule has 1 heterocycles. The third kappa shape index (κ3) is 3.27. The van der Waals surface area contributed by atoms with Gasteiger partial charge in [-0.15, -0.1) is 0 Å². The zero-order valence-corrected chi connectivity index (χ0v) is 13.7. The molecule has 0 radical (unpaired) electrons. The zero-order valence-electron chi connectivity index (χ0n) is 13.7. The van der Waals surface area contributed by atoms with E-state index in [-0.39, 0.29) is 34.0 Å². The molecule has 0 aliphatic carbocycles. The van der Waals surface area contributed by atoms with Gasteiger partial charge in [0.2, 0.25) is 0 Å². The molecule has 0 amide bonds. The van der Waals surface area contributed by atoms with Crippen molar-refractivity contribution in [3.63, 3.8) is 0 Å². The number of rotatable bonds is 4. The quantitative estimate of drug-likeness (QED) is 0.550. The molecular weight excluding hydrogens is 350 g/mol. The van der Waals surface area contributed by atoms with Crippen LogP contribution in [0.4, 0.5) is 17.2 Å². The Kier molecular flexibility index (Phi) is 4.47. The molecule has 2 aromatic carbocycles. The smallest absolute Gasteiger partial charge is 0.278 e. The first-order chi connectivity index (χ1) is 12.9. The average Bonchev–Trinajstić information content (AvgIpc) is 2.67. The average molecular weight is 361 g/mol. The van der Waals surface area contributed by atoms with E-state index in [9.17, 15) is 25.5 Å². The normalized spacial score (nSPS) is 10.2. The fraction of sp³-hybridized carbons (Fsp3) is 0. The third-order valence-electron chi connectivity index (χ3n) is 3.90. The van der Waals surface area contributed by atoms with Gasteiger partial charge in [0.25, 0.3) is 11.4 Å². The molecule has 0 unspecified atom stereocenters. The maximum atomic E-state index is 11.3. The van der Waals surface area contributed by atoms with Crippen molar-refractivity contribution in [2.45, 2.75) is 0 Å². The van der Waals surface area contributed by atoms with Gasteiger partial charge in [-0.05, 0) is 17.7 Å². The number of anilines is 1. The second kappa shape index (κ2) is 6.89. The van der Waals surface area contributed by atoms with Gasteiger partial charge in [-0.3, -0.25) is 20.2 Å². The standard InChI is InChI=1S/C18H11N5O4/c19-10-15-14(11-4-3-5-12(8-11)22(24)25)9-16(21-18(15)20)13-6-1-2-7-17(13)23(26)27/h1-9H,(H2,20,21). The van der Waals surface area contributed by atoms with Gasteiger partial charge in [0, 0.05) is 23.8 Å². The number of hydrogen-bond acceptors (Lipinski definition) is 7. The van der Waals surface area contributed by atoms with Gasteiger partial charge in [-0.1, -0.05) is 24.3 Å². The number of nitrogens with two attached hydrogens (primary N) is 1. The molecule has 27 heavy (non-hydrogen) atoms. The Bertz CT molecular complexity index is 1120. The SMILES string of the molecule is N#Cc1c(-c2cccc([N+](=O)[O-])c2)cc(-c2ccccc2[N+](=O)[O-])nc1N. The molecular formula is C18H11N5O4. The number of para-hydroxylation sites is 1. The number of nitrogens with zero attached hydrogens (tertiary/aromatic N) is 4. The van der Waals surface area contributed by atoms with Crippen molar-refractivity contribution in [1.82, 2.24) is 4.98 Å². The number of nitrogen functional groups attached to an aromatic ring is 1. The van der Waals surface area contributed by atoms with Crippen LogP contribution in [-0.2, 0) is 0 Å².